The monoisotopic (exact) mass is 346 g/mol. The summed E-state index contributed by atoms with van der Waals surface area (Å²) >= 11 is 0. The number of nitrogens with zero attached hydrogens (tertiary/aromatic N) is 3. The van der Waals surface area contributed by atoms with Crippen LogP contribution in [0.2, 0.25) is 0 Å². The lowest BCUT2D eigenvalue weighted by atomic mass is 10.1. The number of nitrogens with one attached hydrogen (secondary N) is 1. The molecule has 0 bridgehead atoms. The van der Waals surface area contributed by atoms with Crippen molar-refractivity contribution in [2.75, 3.05) is 18.4 Å². The van der Waals surface area contributed by atoms with E-state index >= 15 is 0 Å². The summed E-state index contributed by atoms with van der Waals surface area (Å²) in [7, 11) is 0. The highest BCUT2D eigenvalue weighted by Crippen LogP contribution is 2.16. The van der Waals surface area contributed by atoms with Gasteiger partial charge in [-0.1, -0.05) is 29.8 Å². The fraction of sp³-hybridized carbons (Fsp3) is 0.273. The average molecular weight is 346 g/mol. The number of hydrogen-bond acceptors (Lipinski definition) is 4. The van der Waals surface area contributed by atoms with Crippen molar-refractivity contribution >= 4 is 5.69 Å². The lowest BCUT2D eigenvalue weighted by Crippen LogP contribution is -2.29. The Hall–Kier alpha value is -2.72. The largest absolute Gasteiger partial charge is 0.384 e. The molecule has 4 nitrogen and oxygen atoms in total. The van der Waals surface area contributed by atoms with Crippen LogP contribution >= 0.6 is 0 Å². The van der Waals surface area contributed by atoms with E-state index in [4.69, 9.17) is 0 Å². The van der Waals surface area contributed by atoms with Crippen molar-refractivity contribution < 1.29 is 0 Å². The molecule has 0 aliphatic rings. The van der Waals surface area contributed by atoms with Crippen LogP contribution in [0.4, 0.5) is 5.69 Å². The van der Waals surface area contributed by atoms with Gasteiger partial charge in [0.05, 0.1) is 11.4 Å². The Kier molecular flexibility index (Phi) is 6.34. The fourth-order valence-corrected chi connectivity index (χ4v) is 3.02. The molecule has 3 rings (SSSR count). The van der Waals surface area contributed by atoms with E-state index in [2.05, 4.69) is 64.4 Å². The lowest BCUT2D eigenvalue weighted by Gasteiger charge is -2.22. The second-order valence-electron chi connectivity index (χ2n) is 6.60. The number of hydrogen-bond donors (Lipinski definition) is 1. The summed E-state index contributed by atoms with van der Waals surface area (Å²) in [5.74, 6) is 0. The van der Waals surface area contributed by atoms with Crippen molar-refractivity contribution in [2.24, 2.45) is 0 Å². The van der Waals surface area contributed by atoms with E-state index in [1.165, 1.54) is 16.8 Å². The minimum Gasteiger partial charge on any atom is -0.384 e. The third-order valence-corrected chi connectivity index (χ3v) is 4.35. The molecule has 0 fully saturated rings. The van der Waals surface area contributed by atoms with Crippen LogP contribution < -0.4 is 5.32 Å². The summed E-state index contributed by atoms with van der Waals surface area (Å²) in [6.45, 7) is 7.69. The summed E-state index contributed by atoms with van der Waals surface area (Å²) in [6.07, 6.45) is 3.70. The number of anilines is 1. The molecule has 1 N–H and O–H groups in total. The van der Waals surface area contributed by atoms with Gasteiger partial charge in [-0.15, -0.1) is 0 Å². The molecule has 4 heteroatoms. The zero-order valence-electron chi connectivity index (χ0n) is 15.5. The highest BCUT2D eigenvalue weighted by atomic mass is 15.1. The zero-order chi connectivity index (χ0) is 18.2. The molecule has 0 saturated carbocycles. The van der Waals surface area contributed by atoms with Crippen LogP contribution in [-0.4, -0.2) is 28.0 Å². The molecule has 0 saturated heterocycles. The van der Waals surface area contributed by atoms with Crippen molar-refractivity contribution in [1.29, 1.82) is 0 Å². The van der Waals surface area contributed by atoms with Crippen LogP contribution in [0, 0.1) is 13.8 Å². The predicted molar refractivity (Wildman–Crippen MR) is 107 cm³/mol. The molecule has 2 heterocycles. The van der Waals surface area contributed by atoms with Gasteiger partial charge in [0, 0.05) is 44.3 Å². The van der Waals surface area contributed by atoms with Gasteiger partial charge in [-0.25, -0.2) is 0 Å². The van der Waals surface area contributed by atoms with Crippen molar-refractivity contribution in [2.45, 2.75) is 26.9 Å². The minimum atomic E-state index is 0.811. The first-order valence-electron chi connectivity index (χ1n) is 9.04. The summed E-state index contributed by atoms with van der Waals surface area (Å²) < 4.78 is 0. The lowest BCUT2D eigenvalue weighted by molar-refractivity contribution is 0.261. The van der Waals surface area contributed by atoms with Gasteiger partial charge >= 0.3 is 0 Å². The average Bonchev–Trinajstić information content (AvgIpc) is 2.65. The Labute approximate surface area is 155 Å². The molecule has 0 radical (unpaired) electrons. The minimum absolute atomic E-state index is 0.811. The summed E-state index contributed by atoms with van der Waals surface area (Å²) in [5.41, 5.74) is 5.93. The molecular formula is C22H26N4. The van der Waals surface area contributed by atoms with Gasteiger partial charge in [0.2, 0.25) is 0 Å². The predicted octanol–water partition coefficient (Wildman–Crippen LogP) is 4.21. The second kappa shape index (κ2) is 9.11. The second-order valence-corrected chi connectivity index (χ2v) is 6.60. The topological polar surface area (TPSA) is 41.0 Å². The van der Waals surface area contributed by atoms with E-state index in [9.17, 15) is 0 Å². The SMILES string of the molecule is Cc1ccc(NCCN(Cc2ccccn2)Cc2ccccn2)c(C)c1. The molecule has 134 valence electrons. The summed E-state index contributed by atoms with van der Waals surface area (Å²) in [4.78, 5) is 11.3. The Morgan fingerprint density at radius 1 is 0.846 bits per heavy atom. The first-order chi connectivity index (χ1) is 12.7. The third kappa shape index (κ3) is 5.39. The molecule has 2 aromatic heterocycles. The Morgan fingerprint density at radius 3 is 2.04 bits per heavy atom. The molecule has 26 heavy (non-hydrogen) atoms. The molecule has 3 aromatic rings. The van der Waals surface area contributed by atoms with Crippen molar-refractivity contribution in [3.63, 3.8) is 0 Å². The van der Waals surface area contributed by atoms with E-state index in [0.29, 0.717) is 0 Å². The van der Waals surface area contributed by atoms with Gasteiger partial charge in [0.15, 0.2) is 0 Å². The molecule has 1 aromatic carbocycles. The van der Waals surface area contributed by atoms with Crippen molar-refractivity contribution in [3.8, 4) is 0 Å². The third-order valence-electron chi connectivity index (χ3n) is 4.35. The molecule has 0 amide bonds. The van der Waals surface area contributed by atoms with E-state index in [1.807, 2.05) is 36.7 Å². The van der Waals surface area contributed by atoms with Crippen LogP contribution in [-0.2, 0) is 13.1 Å². The van der Waals surface area contributed by atoms with Crippen molar-refractivity contribution in [3.05, 3.63) is 89.5 Å². The Morgan fingerprint density at radius 2 is 1.50 bits per heavy atom. The van der Waals surface area contributed by atoms with Crippen LogP contribution in [0.1, 0.15) is 22.5 Å². The van der Waals surface area contributed by atoms with Crippen LogP contribution in [0.15, 0.2) is 67.0 Å². The molecule has 0 aliphatic carbocycles. The Bertz CT molecular complexity index is 761. The number of aromatic nitrogens is 2. The number of rotatable bonds is 8. The molecule has 0 spiro atoms. The van der Waals surface area contributed by atoms with Gasteiger partial charge < -0.3 is 5.32 Å². The van der Waals surface area contributed by atoms with Crippen LogP contribution in [0.25, 0.3) is 0 Å². The highest BCUT2D eigenvalue weighted by Gasteiger charge is 2.09. The van der Waals surface area contributed by atoms with E-state index in [-0.39, 0.29) is 0 Å². The van der Waals surface area contributed by atoms with Gasteiger partial charge in [0.1, 0.15) is 0 Å². The first kappa shape index (κ1) is 18.1. The zero-order valence-corrected chi connectivity index (χ0v) is 15.5. The normalized spacial score (nSPS) is 10.9. The van der Waals surface area contributed by atoms with Gasteiger partial charge in [-0.2, -0.15) is 0 Å². The smallest absolute Gasteiger partial charge is 0.0544 e. The highest BCUT2D eigenvalue weighted by molar-refractivity contribution is 5.51. The molecule has 0 unspecified atom stereocenters. The van der Waals surface area contributed by atoms with Crippen LogP contribution in [0.3, 0.4) is 0 Å². The van der Waals surface area contributed by atoms with Gasteiger partial charge in [-0.05, 0) is 49.7 Å². The van der Waals surface area contributed by atoms with E-state index in [0.717, 1.165) is 37.6 Å². The maximum atomic E-state index is 4.47. The number of aryl methyl sites for hydroxylation is 2. The molecule has 0 aliphatic heterocycles. The standard InChI is InChI=1S/C22H26N4/c1-18-9-10-22(19(2)15-18)25-13-14-26(16-20-7-3-5-11-23-20)17-21-8-4-6-12-24-21/h3-12,15,25H,13-14,16-17H2,1-2H3. The maximum Gasteiger partial charge on any atom is 0.0544 e. The summed E-state index contributed by atoms with van der Waals surface area (Å²) in [6, 6.07) is 18.6. The number of pyridine rings is 2. The van der Waals surface area contributed by atoms with Crippen LogP contribution in [0.5, 0.6) is 0 Å². The fourth-order valence-electron chi connectivity index (χ4n) is 3.02. The summed E-state index contributed by atoms with van der Waals surface area (Å²) in [5, 5.41) is 3.56. The van der Waals surface area contributed by atoms with E-state index in [1.54, 1.807) is 0 Å². The van der Waals surface area contributed by atoms with Crippen molar-refractivity contribution in [1.82, 2.24) is 14.9 Å². The Balaban J connectivity index is 1.62. The van der Waals surface area contributed by atoms with E-state index < -0.39 is 0 Å². The maximum absolute atomic E-state index is 4.47. The van der Waals surface area contributed by atoms with Gasteiger partial charge in [-0.3, -0.25) is 14.9 Å². The van der Waals surface area contributed by atoms with Gasteiger partial charge in [0.25, 0.3) is 0 Å². The molecular weight excluding hydrogens is 320 g/mol. The quantitative estimate of drug-likeness (QED) is 0.663. The first-order valence-corrected chi connectivity index (χ1v) is 9.04. The molecule has 0 atom stereocenters. The number of benzene rings is 1.